The summed E-state index contributed by atoms with van der Waals surface area (Å²) in [5.41, 5.74) is 1.35. The van der Waals surface area contributed by atoms with Gasteiger partial charge in [-0.05, 0) is 38.3 Å². The Balaban J connectivity index is 1.52. The van der Waals surface area contributed by atoms with Crippen LogP contribution in [-0.4, -0.2) is 42.5 Å². The number of carbonyl (C=O) groups is 1. The van der Waals surface area contributed by atoms with Crippen LogP contribution in [0.2, 0.25) is 0 Å². The average molecular weight is 287 g/mol. The zero-order valence-corrected chi connectivity index (χ0v) is 12.7. The molecule has 2 heterocycles. The first kappa shape index (κ1) is 14.5. The number of hydrogen-bond acceptors (Lipinski definition) is 3. The van der Waals surface area contributed by atoms with Crippen molar-refractivity contribution in [2.24, 2.45) is 0 Å². The van der Waals surface area contributed by atoms with Crippen LogP contribution in [0.5, 0.6) is 0 Å². The van der Waals surface area contributed by atoms with Crippen LogP contribution >= 0.6 is 0 Å². The van der Waals surface area contributed by atoms with E-state index in [4.69, 9.17) is 0 Å². The van der Waals surface area contributed by atoms with Crippen molar-refractivity contribution in [3.05, 3.63) is 35.9 Å². The van der Waals surface area contributed by atoms with Gasteiger partial charge in [0, 0.05) is 25.2 Å². The lowest BCUT2D eigenvalue weighted by atomic mass is 10.1. The summed E-state index contributed by atoms with van der Waals surface area (Å²) in [6, 6.07) is 11.3. The van der Waals surface area contributed by atoms with Gasteiger partial charge >= 0.3 is 0 Å². The minimum Gasteiger partial charge on any atom is -0.351 e. The van der Waals surface area contributed by atoms with Crippen molar-refractivity contribution in [1.82, 2.24) is 15.5 Å². The van der Waals surface area contributed by atoms with E-state index in [1.54, 1.807) is 0 Å². The first-order valence-electron chi connectivity index (χ1n) is 8.07. The molecule has 3 atom stereocenters. The van der Waals surface area contributed by atoms with Gasteiger partial charge in [0.15, 0.2) is 0 Å². The van der Waals surface area contributed by atoms with Gasteiger partial charge in [-0.1, -0.05) is 30.3 Å². The quantitative estimate of drug-likeness (QED) is 0.886. The molecule has 1 aromatic rings. The minimum absolute atomic E-state index is 0.0330. The predicted octanol–water partition coefficient (Wildman–Crippen LogP) is 1.69. The highest BCUT2D eigenvalue weighted by atomic mass is 16.2. The number of likely N-dealkylation sites (tertiary alicyclic amines) is 1. The molecule has 2 fully saturated rings. The molecule has 3 rings (SSSR count). The van der Waals surface area contributed by atoms with Crippen molar-refractivity contribution in [2.45, 2.75) is 44.3 Å². The fraction of sp³-hybridized carbons (Fsp3) is 0.588. The maximum absolute atomic E-state index is 12.2. The van der Waals surface area contributed by atoms with Crippen LogP contribution < -0.4 is 10.6 Å². The van der Waals surface area contributed by atoms with Crippen LogP contribution in [0.4, 0.5) is 0 Å². The molecule has 1 amide bonds. The Hall–Kier alpha value is -1.39. The number of amides is 1. The van der Waals surface area contributed by atoms with Gasteiger partial charge in [-0.3, -0.25) is 9.69 Å². The SMILES string of the molecule is CC(c1ccccc1)N1CCC(NC(=O)C2CCCN2)C1. The van der Waals surface area contributed by atoms with E-state index in [-0.39, 0.29) is 11.9 Å². The third-order valence-corrected chi connectivity index (χ3v) is 4.77. The van der Waals surface area contributed by atoms with Crippen LogP contribution in [0.25, 0.3) is 0 Å². The molecule has 4 heteroatoms. The van der Waals surface area contributed by atoms with Gasteiger partial charge in [0.25, 0.3) is 0 Å². The molecule has 1 aromatic carbocycles. The number of rotatable bonds is 4. The van der Waals surface area contributed by atoms with Gasteiger partial charge in [0.1, 0.15) is 0 Å². The number of hydrogen-bond donors (Lipinski definition) is 2. The molecule has 114 valence electrons. The summed E-state index contributed by atoms with van der Waals surface area (Å²) in [7, 11) is 0. The molecule has 4 nitrogen and oxygen atoms in total. The molecule has 2 aliphatic heterocycles. The number of nitrogens with one attached hydrogen (secondary N) is 2. The first-order chi connectivity index (χ1) is 10.2. The zero-order valence-electron chi connectivity index (χ0n) is 12.7. The van der Waals surface area contributed by atoms with Crippen LogP contribution in [0, 0.1) is 0 Å². The molecule has 0 aliphatic carbocycles. The van der Waals surface area contributed by atoms with Crippen LogP contribution in [0.15, 0.2) is 30.3 Å². The highest BCUT2D eigenvalue weighted by molar-refractivity contribution is 5.82. The Morgan fingerprint density at radius 1 is 1.33 bits per heavy atom. The fourth-order valence-electron chi connectivity index (χ4n) is 3.41. The summed E-state index contributed by atoms with van der Waals surface area (Å²) in [5, 5.41) is 6.48. The average Bonchev–Trinajstić information content (AvgIpc) is 3.19. The van der Waals surface area contributed by atoms with Gasteiger partial charge in [0.05, 0.1) is 6.04 Å². The van der Waals surface area contributed by atoms with Crippen molar-refractivity contribution in [3.63, 3.8) is 0 Å². The van der Waals surface area contributed by atoms with Crippen LogP contribution in [0.1, 0.15) is 37.8 Å². The van der Waals surface area contributed by atoms with Crippen molar-refractivity contribution in [2.75, 3.05) is 19.6 Å². The molecule has 3 unspecified atom stereocenters. The summed E-state index contributed by atoms with van der Waals surface area (Å²) >= 11 is 0. The minimum atomic E-state index is 0.0330. The first-order valence-corrected chi connectivity index (χ1v) is 8.07. The van der Waals surface area contributed by atoms with E-state index in [2.05, 4.69) is 52.8 Å². The second-order valence-corrected chi connectivity index (χ2v) is 6.22. The highest BCUT2D eigenvalue weighted by Gasteiger charge is 2.30. The molecular weight excluding hydrogens is 262 g/mol. The van der Waals surface area contributed by atoms with Gasteiger partial charge in [-0.15, -0.1) is 0 Å². The van der Waals surface area contributed by atoms with E-state index >= 15 is 0 Å². The monoisotopic (exact) mass is 287 g/mol. The molecule has 0 bridgehead atoms. The normalized spacial score (nSPS) is 27.7. The predicted molar refractivity (Wildman–Crippen MR) is 84.0 cm³/mol. The topological polar surface area (TPSA) is 44.4 Å². The van der Waals surface area contributed by atoms with Crippen molar-refractivity contribution in [1.29, 1.82) is 0 Å². The lowest BCUT2D eigenvalue weighted by molar-refractivity contribution is -0.123. The number of carbonyl (C=O) groups excluding carboxylic acids is 1. The van der Waals surface area contributed by atoms with Crippen molar-refractivity contribution >= 4 is 5.91 Å². The lowest BCUT2D eigenvalue weighted by Gasteiger charge is -2.25. The largest absolute Gasteiger partial charge is 0.351 e. The standard InChI is InChI=1S/C17H25N3O/c1-13(14-6-3-2-4-7-14)20-11-9-15(12-20)19-17(21)16-8-5-10-18-16/h2-4,6-7,13,15-16,18H,5,8-12H2,1H3,(H,19,21). The number of benzene rings is 1. The van der Waals surface area contributed by atoms with Crippen molar-refractivity contribution < 1.29 is 4.79 Å². The third kappa shape index (κ3) is 3.44. The van der Waals surface area contributed by atoms with E-state index in [1.807, 2.05) is 0 Å². The Bertz CT molecular complexity index is 470. The molecule has 0 radical (unpaired) electrons. The lowest BCUT2D eigenvalue weighted by Crippen LogP contribution is -2.46. The Morgan fingerprint density at radius 2 is 2.14 bits per heavy atom. The van der Waals surface area contributed by atoms with Gasteiger partial charge in [0.2, 0.25) is 5.91 Å². The second kappa shape index (κ2) is 6.58. The maximum Gasteiger partial charge on any atom is 0.237 e. The maximum atomic E-state index is 12.2. The molecular formula is C17H25N3O. The molecule has 21 heavy (non-hydrogen) atoms. The molecule has 0 aromatic heterocycles. The van der Waals surface area contributed by atoms with Gasteiger partial charge in [-0.25, -0.2) is 0 Å². The molecule has 0 spiro atoms. The van der Waals surface area contributed by atoms with Gasteiger partial charge in [-0.2, -0.15) is 0 Å². The van der Waals surface area contributed by atoms with E-state index in [0.29, 0.717) is 12.1 Å². The van der Waals surface area contributed by atoms with E-state index in [0.717, 1.165) is 38.9 Å². The molecule has 0 saturated carbocycles. The van der Waals surface area contributed by atoms with E-state index in [9.17, 15) is 4.79 Å². The summed E-state index contributed by atoms with van der Waals surface area (Å²) in [5.74, 6) is 0.187. The summed E-state index contributed by atoms with van der Waals surface area (Å²) in [6.07, 6.45) is 3.14. The van der Waals surface area contributed by atoms with Crippen LogP contribution in [0.3, 0.4) is 0 Å². The van der Waals surface area contributed by atoms with Crippen molar-refractivity contribution in [3.8, 4) is 0 Å². The number of nitrogens with zero attached hydrogens (tertiary/aromatic N) is 1. The summed E-state index contributed by atoms with van der Waals surface area (Å²) in [4.78, 5) is 14.6. The van der Waals surface area contributed by atoms with E-state index < -0.39 is 0 Å². The molecule has 2 saturated heterocycles. The Morgan fingerprint density at radius 3 is 2.86 bits per heavy atom. The zero-order chi connectivity index (χ0) is 14.7. The van der Waals surface area contributed by atoms with Crippen LogP contribution in [-0.2, 0) is 4.79 Å². The molecule has 2 N–H and O–H groups in total. The second-order valence-electron chi connectivity index (χ2n) is 6.22. The third-order valence-electron chi connectivity index (χ3n) is 4.77. The van der Waals surface area contributed by atoms with Gasteiger partial charge < -0.3 is 10.6 Å². The molecule has 2 aliphatic rings. The van der Waals surface area contributed by atoms with E-state index in [1.165, 1.54) is 5.56 Å². The Labute approximate surface area is 126 Å². The fourth-order valence-corrected chi connectivity index (χ4v) is 3.41. The highest BCUT2D eigenvalue weighted by Crippen LogP contribution is 2.24. The summed E-state index contributed by atoms with van der Waals surface area (Å²) < 4.78 is 0. The Kier molecular flexibility index (Phi) is 4.56. The summed E-state index contributed by atoms with van der Waals surface area (Å²) in [6.45, 7) is 5.23. The smallest absolute Gasteiger partial charge is 0.237 e.